The van der Waals surface area contributed by atoms with E-state index in [4.69, 9.17) is 0 Å². The Bertz CT molecular complexity index is 1550. The third-order valence-corrected chi connectivity index (χ3v) is 6.39. The molecule has 0 N–H and O–H groups in total. The van der Waals surface area contributed by atoms with Crippen molar-refractivity contribution in [3.05, 3.63) is 131 Å². The molecule has 6 aromatic rings. The maximum absolute atomic E-state index is 2.31. The van der Waals surface area contributed by atoms with Crippen molar-refractivity contribution in [3.63, 3.8) is 0 Å². The molecule has 0 fully saturated rings. The summed E-state index contributed by atoms with van der Waals surface area (Å²) < 4.78 is 0. The van der Waals surface area contributed by atoms with Gasteiger partial charge in [0, 0.05) is 0 Å². The van der Waals surface area contributed by atoms with E-state index < -0.39 is 0 Å². The van der Waals surface area contributed by atoms with Crippen molar-refractivity contribution in [1.82, 2.24) is 0 Å². The van der Waals surface area contributed by atoms with E-state index in [0.29, 0.717) is 0 Å². The van der Waals surface area contributed by atoms with Gasteiger partial charge < -0.3 is 24.8 Å². The molecule has 6 rings (SSSR count). The van der Waals surface area contributed by atoms with E-state index in [1.165, 1.54) is 66.1 Å². The van der Waals surface area contributed by atoms with Crippen molar-refractivity contribution < 1.29 is 48.1 Å². The summed E-state index contributed by atoms with van der Waals surface area (Å²) in [6.45, 7) is 13.3. The monoisotopic (exact) mass is 656 g/mol. The minimum absolute atomic E-state index is 0. The van der Waals surface area contributed by atoms with Crippen LogP contribution in [0.4, 0.5) is 0 Å². The molecule has 0 spiro atoms. The summed E-state index contributed by atoms with van der Waals surface area (Å²) in [5.41, 5.74) is 10.8. The molecule has 0 aliphatic rings. The summed E-state index contributed by atoms with van der Waals surface area (Å²) >= 11 is 1.74. The normalized spacial score (nSPS) is 10.0. The van der Waals surface area contributed by atoms with Crippen LogP contribution in [-0.2, 0) is 23.3 Å². The molecule has 0 saturated carbocycles. The number of hydrogen-bond donors (Lipinski definition) is 0. The van der Waals surface area contributed by atoms with E-state index in [1.807, 2.05) is 0 Å². The fourth-order valence-corrected chi connectivity index (χ4v) is 4.95. The van der Waals surface area contributed by atoms with Crippen LogP contribution in [0.1, 0.15) is 22.3 Å². The fourth-order valence-electron chi connectivity index (χ4n) is 4.95. The van der Waals surface area contributed by atoms with Crippen LogP contribution in [0.15, 0.2) is 109 Å². The van der Waals surface area contributed by atoms with Gasteiger partial charge in [-0.1, -0.05) is 109 Å². The largest absolute Gasteiger partial charge is 1.00 e. The van der Waals surface area contributed by atoms with Crippen molar-refractivity contribution in [2.45, 2.75) is 40.8 Å². The quantitative estimate of drug-likeness (QED) is 0.190. The molecule has 40 heavy (non-hydrogen) atoms. The standard InChI is InChI=1S/2C17H15.C2H6Si.2ClH.Zr/c2*1-12-8-15-9-13(2)11-17(15)16(10-12)14-6-4-3-5-7-14;1-3-2;;;/h2*3-11H,1-2H3;1-2H3;2*1H;/q2*-1;;;;+2/p-2. The molecule has 0 bridgehead atoms. The molecule has 4 heteroatoms. The SMILES string of the molecule is C[Si](C)=[Zr+2].Cc1cc(-c2ccccc2)c2cc(C)[cH-]c2c1.Cc1cc(-c2ccccc2)c2cc(C)[cH-]c2c1.[Cl-].[Cl-]. The van der Waals surface area contributed by atoms with E-state index >= 15 is 0 Å². The van der Waals surface area contributed by atoms with Crippen molar-refractivity contribution in [3.8, 4) is 22.3 Å². The Morgan fingerprint density at radius 3 is 1.18 bits per heavy atom. The van der Waals surface area contributed by atoms with Crippen LogP contribution in [0.3, 0.4) is 0 Å². The molecule has 0 nitrogen and oxygen atoms in total. The molecule has 0 amide bonds. The van der Waals surface area contributed by atoms with Crippen LogP contribution in [-0.4, -0.2) is 5.43 Å². The first-order valence-electron chi connectivity index (χ1n) is 13.2. The third kappa shape index (κ3) is 8.89. The van der Waals surface area contributed by atoms with E-state index in [9.17, 15) is 0 Å². The molecule has 0 saturated heterocycles. The van der Waals surface area contributed by atoms with Crippen LogP contribution in [0.2, 0.25) is 13.1 Å². The minimum Gasteiger partial charge on any atom is -1.00 e. The van der Waals surface area contributed by atoms with Gasteiger partial charge in [0.05, 0.1) is 0 Å². The zero-order valence-electron chi connectivity index (χ0n) is 24.1. The van der Waals surface area contributed by atoms with Crippen LogP contribution < -0.4 is 24.8 Å². The molecule has 0 heterocycles. The minimum atomic E-state index is 0. The van der Waals surface area contributed by atoms with Crippen molar-refractivity contribution in [1.29, 1.82) is 0 Å². The maximum atomic E-state index is 2.31. The zero-order valence-corrected chi connectivity index (χ0v) is 29.1. The number of halogens is 2. The summed E-state index contributed by atoms with van der Waals surface area (Å²) in [6.07, 6.45) is 0. The molecule has 0 unspecified atom stereocenters. The van der Waals surface area contributed by atoms with Crippen molar-refractivity contribution in [2.24, 2.45) is 0 Å². The summed E-state index contributed by atoms with van der Waals surface area (Å²) in [6, 6.07) is 39.4. The summed E-state index contributed by atoms with van der Waals surface area (Å²) in [7, 11) is 0. The van der Waals surface area contributed by atoms with E-state index in [0.717, 1.165) is 0 Å². The predicted octanol–water partition coefficient (Wildman–Crippen LogP) is 4.48. The van der Waals surface area contributed by atoms with Gasteiger partial charge in [-0.15, -0.1) is 56.9 Å². The smallest absolute Gasteiger partial charge is 0.0279 e. The third-order valence-electron chi connectivity index (χ3n) is 6.39. The molecule has 0 aromatic heterocycles. The number of benzene rings is 4. The van der Waals surface area contributed by atoms with E-state index in [2.05, 4.69) is 150 Å². The van der Waals surface area contributed by atoms with Crippen molar-refractivity contribution in [2.75, 3.05) is 0 Å². The average molecular weight is 659 g/mol. The van der Waals surface area contributed by atoms with Gasteiger partial charge in [-0.2, -0.15) is 12.1 Å². The summed E-state index contributed by atoms with van der Waals surface area (Å²) in [5.74, 6) is 0. The zero-order chi connectivity index (χ0) is 27.2. The number of fused-ring (bicyclic) bond motifs is 2. The molecular weight excluding hydrogens is 623 g/mol. The first-order valence-corrected chi connectivity index (χ1v) is 19.4. The number of hydrogen-bond acceptors (Lipinski definition) is 0. The molecule has 6 aromatic carbocycles. The maximum Gasteiger partial charge on any atom is -0.0279 e. The van der Waals surface area contributed by atoms with E-state index in [-0.39, 0.29) is 30.2 Å². The fraction of sp³-hybridized carbons (Fsp3) is 0.167. The Labute approximate surface area is 267 Å². The van der Waals surface area contributed by atoms with Gasteiger partial charge in [0.2, 0.25) is 0 Å². The predicted molar refractivity (Wildman–Crippen MR) is 166 cm³/mol. The summed E-state index contributed by atoms with van der Waals surface area (Å²) in [4.78, 5) is 0. The first kappa shape index (κ1) is 34.0. The molecule has 0 aliphatic carbocycles. The van der Waals surface area contributed by atoms with Gasteiger partial charge in [0.15, 0.2) is 0 Å². The second-order valence-corrected chi connectivity index (χ2v) is 19.8. The number of rotatable bonds is 2. The molecule has 0 radical (unpaired) electrons. The molecule has 204 valence electrons. The topological polar surface area (TPSA) is 0 Å². The molecular formula is C36H36Cl2SiZr-2. The van der Waals surface area contributed by atoms with Crippen molar-refractivity contribution >= 4 is 27.0 Å². The van der Waals surface area contributed by atoms with Crippen LogP contribution in [0, 0.1) is 27.7 Å². The van der Waals surface area contributed by atoms with Gasteiger partial charge >= 0.3 is 41.9 Å². The Balaban J connectivity index is 0.000000237. The Kier molecular flexibility index (Phi) is 13.3. The average Bonchev–Trinajstić information content (AvgIpc) is 3.44. The van der Waals surface area contributed by atoms with Gasteiger partial charge in [0.25, 0.3) is 0 Å². The Morgan fingerprint density at radius 2 is 0.850 bits per heavy atom. The van der Waals surface area contributed by atoms with Gasteiger partial charge in [-0.3, -0.25) is 0 Å². The Hall–Kier alpha value is -2.22. The van der Waals surface area contributed by atoms with E-state index in [1.54, 1.807) is 23.3 Å². The van der Waals surface area contributed by atoms with Gasteiger partial charge in [-0.25, -0.2) is 0 Å². The van der Waals surface area contributed by atoms with Gasteiger partial charge in [-0.05, 0) is 25.0 Å². The van der Waals surface area contributed by atoms with Crippen LogP contribution in [0.25, 0.3) is 43.8 Å². The van der Waals surface area contributed by atoms with Crippen LogP contribution >= 0.6 is 0 Å². The first-order chi connectivity index (χ1) is 18.2. The Morgan fingerprint density at radius 1 is 0.525 bits per heavy atom. The molecule has 0 aliphatic heterocycles. The number of aryl methyl sites for hydroxylation is 4. The second-order valence-electron chi connectivity index (χ2n) is 10.4. The van der Waals surface area contributed by atoms with Crippen LogP contribution in [0.5, 0.6) is 0 Å². The second kappa shape index (κ2) is 15.7. The van der Waals surface area contributed by atoms with Gasteiger partial charge in [0.1, 0.15) is 0 Å². The molecule has 0 atom stereocenters. The summed E-state index contributed by atoms with van der Waals surface area (Å²) in [5, 5.41) is 5.42.